The Kier molecular flexibility index (Phi) is 8.10. The maximum Gasteiger partial charge on any atom is 0.242 e. The van der Waals surface area contributed by atoms with E-state index in [0.717, 1.165) is 45.0 Å². The summed E-state index contributed by atoms with van der Waals surface area (Å²) in [6.45, 7) is 12.0. The lowest BCUT2D eigenvalue weighted by molar-refractivity contribution is -0.121. The quantitative estimate of drug-likeness (QED) is 0.528. The van der Waals surface area contributed by atoms with Crippen LogP contribution in [0.3, 0.4) is 0 Å². The van der Waals surface area contributed by atoms with Gasteiger partial charge in [-0.2, -0.15) is 0 Å². The second kappa shape index (κ2) is 10.3. The molecule has 0 aliphatic carbocycles. The molecule has 1 saturated heterocycles. The zero-order valence-corrected chi connectivity index (χ0v) is 17.2. The van der Waals surface area contributed by atoms with Crippen LogP contribution in [0.5, 0.6) is 0 Å². The summed E-state index contributed by atoms with van der Waals surface area (Å²) in [6, 6.07) is 11.0. The third-order valence-electron chi connectivity index (χ3n) is 4.42. The fourth-order valence-corrected chi connectivity index (χ4v) is 3.20. The number of likely N-dealkylation sites (tertiary alicyclic amines) is 1. The lowest BCUT2D eigenvalue weighted by Gasteiger charge is -2.33. The fourth-order valence-electron chi connectivity index (χ4n) is 3.20. The van der Waals surface area contributed by atoms with Gasteiger partial charge in [0.25, 0.3) is 0 Å². The van der Waals surface area contributed by atoms with Crippen molar-refractivity contribution in [2.45, 2.75) is 58.7 Å². The third kappa shape index (κ3) is 8.43. The Balaban J connectivity index is 1.79. The number of rotatable bonds is 6. The summed E-state index contributed by atoms with van der Waals surface area (Å²) in [5, 5.41) is 9.68. The number of carbonyl (C=O) groups is 1. The fraction of sp³-hybridized carbons (Fsp3) is 0.619. The Bertz CT molecular complexity index is 601. The van der Waals surface area contributed by atoms with Crippen LogP contribution < -0.4 is 16.0 Å². The molecule has 0 bridgehead atoms. The van der Waals surface area contributed by atoms with Crippen molar-refractivity contribution in [3.63, 3.8) is 0 Å². The molecule has 1 amide bonds. The summed E-state index contributed by atoms with van der Waals surface area (Å²) >= 11 is 0. The molecule has 2 rings (SSSR count). The van der Waals surface area contributed by atoms with E-state index in [-0.39, 0.29) is 18.0 Å². The smallest absolute Gasteiger partial charge is 0.242 e. The molecule has 0 spiro atoms. The van der Waals surface area contributed by atoms with Gasteiger partial charge in [0.15, 0.2) is 5.96 Å². The number of carbonyl (C=O) groups excluding carboxylic acids is 1. The van der Waals surface area contributed by atoms with E-state index in [1.807, 2.05) is 27.7 Å². The molecule has 0 radical (unpaired) electrons. The van der Waals surface area contributed by atoms with Gasteiger partial charge in [-0.1, -0.05) is 30.3 Å². The molecule has 150 valence electrons. The first-order valence-electron chi connectivity index (χ1n) is 9.98. The van der Waals surface area contributed by atoms with E-state index in [2.05, 4.69) is 56.2 Å². The van der Waals surface area contributed by atoms with Crippen LogP contribution in [0, 0.1) is 0 Å². The average Bonchev–Trinajstić information content (AvgIpc) is 2.61. The van der Waals surface area contributed by atoms with Crippen molar-refractivity contribution in [2.75, 3.05) is 26.2 Å². The maximum absolute atomic E-state index is 12.0. The monoisotopic (exact) mass is 373 g/mol. The molecule has 1 aromatic carbocycles. The minimum atomic E-state index is -0.232. The summed E-state index contributed by atoms with van der Waals surface area (Å²) in [6.07, 6.45) is 2.15. The topological polar surface area (TPSA) is 68.8 Å². The Hall–Kier alpha value is -2.08. The molecule has 1 heterocycles. The van der Waals surface area contributed by atoms with Crippen LogP contribution in [0.1, 0.15) is 46.1 Å². The van der Waals surface area contributed by atoms with E-state index >= 15 is 0 Å². The predicted octanol–water partition coefficient (Wildman–Crippen LogP) is 2.12. The van der Waals surface area contributed by atoms with Crippen molar-refractivity contribution in [1.29, 1.82) is 0 Å². The van der Waals surface area contributed by atoms with Crippen molar-refractivity contribution in [3.8, 4) is 0 Å². The molecular weight excluding hydrogens is 338 g/mol. The molecule has 0 aromatic heterocycles. The molecule has 1 aromatic rings. The summed E-state index contributed by atoms with van der Waals surface area (Å²) < 4.78 is 0. The standard InChI is InChI=1S/C21H35N5O/c1-5-22-20(23-15-19(27)25-21(2,3)4)24-18-11-13-26(14-12-18)16-17-9-7-6-8-10-17/h6-10,18H,5,11-16H2,1-4H3,(H,25,27)(H2,22,23,24). The molecule has 6 heteroatoms. The molecule has 1 aliphatic heterocycles. The van der Waals surface area contributed by atoms with Crippen molar-refractivity contribution in [1.82, 2.24) is 20.9 Å². The van der Waals surface area contributed by atoms with Gasteiger partial charge in [0.2, 0.25) is 5.91 Å². The summed E-state index contributed by atoms with van der Waals surface area (Å²) in [5.41, 5.74) is 1.13. The van der Waals surface area contributed by atoms with E-state index in [4.69, 9.17) is 0 Å². The van der Waals surface area contributed by atoms with Crippen LogP contribution in [0.2, 0.25) is 0 Å². The van der Waals surface area contributed by atoms with Gasteiger partial charge < -0.3 is 16.0 Å². The minimum absolute atomic E-state index is 0.0580. The highest BCUT2D eigenvalue weighted by molar-refractivity contribution is 5.85. The number of guanidine groups is 1. The molecule has 27 heavy (non-hydrogen) atoms. The van der Waals surface area contributed by atoms with Gasteiger partial charge in [0.1, 0.15) is 6.54 Å². The van der Waals surface area contributed by atoms with Gasteiger partial charge in [0.05, 0.1) is 0 Å². The molecule has 0 saturated carbocycles. The van der Waals surface area contributed by atoms with Crippen molar-refractivity contribution < 1.29 is 4.79 Å². The highest BCUT2D eigenvalue weighted by Crippen LogP contribution is 2.13. The van der Waals surface area contributed by atoms with Crippen LogP contribution in [0.15, 0.2) is 35.3 Å². The van der Waals surface area contributed by atoms with Gasteiger partial charge in [-0.15, -0.1) is 0 Å². The van der Waals surface area contributed by atoms with E-state index in [1.54, 1.807) is 0 Å². The van der Waals surface area contributed by atoms with Crippen molar-refractivity contribution in [3.05, 3.63) is 35.9 Å². The highest BCUT2D eigenvalue weighted by atomic mass is 16.2. The van der Waals surface area contributed by atoms with E-state index in [1.165, 1.54) is 5.56 Å². The minimum Gasteiger partial charge on any atom is -0.357 e. The molecule has 0 unspecified atom stereocenters. The van der Waals surface area contributed by atoms with Crippen molar-refractivity contribution in [2.24, 2.45) is 4.99 Å². The largest absolute Gasteiger partial charge is 0.357 e. The first-order chi connectivity index (χ1) is 12.9. The maximum atomic E-state index is 12.0. The molecular formula is C21H35N5O. The number of benzene rings is 1. The molecule has 1 fully saturated rings. The Morgan fingerprint density at radius 2 is 1.85 bits per heavy atom. The average molecular weight is 374 g/mol. The zero-order chi connectivity index (χ0) is 19.7. The van der Waals surface area contributed by atoms with Crippen LogP contribution >= 0.6 is 0 Å². The molecule has 6 nitrogen and oxygen atoms in total. The first-order valence-corrected chi connectivity index (χ1v) is 9.98. The molecule has 3 N–H and O–H groups in total. The lowest BCUT2D eigenvalue weighted by Crippen LogP contribution is -2.49. The van der Waals surface area contributed by atoms with Crippen LogP contribution in [-0.2, 0) is 11.3 Å². The van der Waals surface area contributed by atoms with Crippen LogP contribution in [0.4, 0.5) is 0 Å². The van der Waals surface area contributed by atoms with E-state index < -0.39 is 0 Å². The number of piperidine rings is 1. The zero-order valence-electron chi connectivity index (χ0n) is 17.2. The normalized spacial score (nSPS) is 16.8. The van der Waals surface area contributed by atoms with Gasteiger partial charge >= 0.3 is 0 Å². The number of nitrogens with zero attached hydrogens (tertiary/aromatic N) is 2. The highest BCUT2D eigenvalue weighted by Gasteiger charge is 2.20. The lowest BCUT2D eigenvalue weighted by atomic mass is 10.0. The Morgan fingerprint density at radius 3 is 2.44 bits per heavy atom. The number of hydrogen-bond donors (Lipinski definition) is 3. The third-order valence-corrected chi connectivity index (χ3v) is 4.42. The second-order valence-corrected chi connectivity index (χ2v) is 8.17. The van der Waals surface area contributed by atoms with Gasteiger partial charge in [-0.05, 0) is 46.1 Å². The first kappa shape index (κ1) is 21.2. The summed E-state index contributed by atoms with van der Waals surface area (Å²) in [4.78, 5) is 18.9. The number of amides is 1. The van der Waals surface area contributed by atoms with Gasteiger partial charge in [-0.3, -0.25) is 9.69 Å². The second-order valence-electron chi connectivity index (χ2n) is 8.17. The SMILES string of the molecule is CCNC(=NCC(=O)NC(C)(C)C)NC1CCN(Cc2ccccc2)CC1. The predicted molar refractivity (Wildman–Crippen MR) is 112 cm³/mol. The number of nitrogens with one attached hydrogen (secondary N) is 3. The number of hydrogen-bond acceptors (Lipinski definition) is 3. The molecule has 1 aliphatic rings. The van der Waals surface area contributed by atoms with Gasteiger partial charge in [-0.25, -0.2) is 4.99 Å². The van der Waals surface area contributed by atoms with Crippen molar-refractivity contribution >= 4 is 11.9 Å². The van der Waals surface area contributed by atoms with Gasteiger partial charge in [0, 0.05) is 37.8 Å². The summed E-state index contributed by atoms with van der Waals surface area (Å²) in [7, 11) is 0. The van der Waals surface area contributed by atoms with E-state index in [0.29, 0.717) is 6.04 Å². The Labute approximate surface area is 163 Å². The molecule has 0 atom stereocenters. The summed E-state index contributed by atoms with van der Waals surface area (Å²) in [5.74, 6) is 0.667. The van der Waals surface area contributed by atoms with E-state index in [9.17, 15) is 4.79 Å². The van der Waals surface area contributed by atoms with Crippen LogP contribution in [0.25, 0.3) is 0 Å². The number of aliphatic imine (C=N–C) groups is 1. The van der Waals surface area contributed by atoms with Crippen LogP contribution in [-0.4, -0.2) is 54.5 Å². The Morgan fingerprint density at radius 1 is 1.19 bits per heavy atom.